The summed E-state index contributed by atoms with van der Waals surface area (Å²) < 4.78 is 1.25. The molecule has 0 aliphatic heterocycles. The molecule has 1 aromatic carbocycles. The van der Waals surface area contributed by atoms with Crippen molar-refractivity contribution < 1.29 is 4.48 Å². The van der Waals surface area contributed by atoms with Crippen LogP contribution in [0.15, 0.2) is 30.3 Å². The van der Waals surface area contributed by atoms with Crippen molar-refractivity contribution >= 4 is 0 Å². The summed E-state index contributed by atoms with van der Waals surface area (Å²) in [6, 6.07) is 11.1. The van der Waals surface area contributed by atoms with Gasteiger partial charge in [0.2, 0.25) is 0 Å². The third-order valence-corrected chi connectivity index (χ3v) is 8.19. The minimum atomic E-state index is 1.20. The molecule has 1 heteroatoms. The van der Waals surface area contributed by atoms with Gasteiger partial charge in [-0.15, -0.1) is 0 Å². The van der Waals surface area contributed by atoms with Crippen molar-refractivity contribution in [2.75, 3.05) is 19.6 Å². The van der Waals surface area contributed by atoms with Crippen LogP contribution in [0.2, 0.25) is 0 Å². The summed E-state index contributed by atoms with van der Waals surface area (Å²) in [7, 11) is 0. The van der Waals surface area contributed by atoms with Crippen molar-refractivity contribution in [1.29, 1.82) is 0 Å². The van der Waals surface area contributed by atoms with Crippen molar-refractivity contribution in [3.8, 4) is 0 Å². The summed E-state index contributed by atoms with van der Waals surface area (Å²) in [6.45, 7) is 12.1. The Morgan fingerprint density at radius 2 is 0.794 bits per heavy atom. The summed E-state index contributed by atoms with van der Waals surface area (Å²) in [5, 5.41) is 0. The molecule has 0 atom stereocenters. The molecule has 0 saturated heterocycles. The number of quaternary nitrogens is 1. The Balaban J connectivity index is 1.87. The second-order valence-electron chi connectivity index (χ2n) is 11.1. The van der Waals surface area contributed by atoms with Gasteiger partial charge >= 0.3 is 0 Å². The van der Waals surface area contributed by atoms with Gasteiger partial charge in [0.05, 0.1) is 19.6 Å². The molecule has 0 N–H and O–H groups in total. The Kier molecular flexibility index (Phi) is 20.8. The van der Waals surface area contributed by atoms with Crippen LogP contribution in [0.5, 0.6) is 0 Å². The van der Waals surface area contributed by atoms with Crippen molar-refractivity contribution in [2.45, 2.75) is 156 Å². The average Bonchev–Trinajstić information content (AvgIpc) is 2.87. The van der Waals surface area contributed by atoms with E-state index in [-0.39, 0.29) is 0 Å². The highest BCUT2D eigenvalue weighted by molar-refractivity contribution is 5.13. The van der Waals surface area contributed by atoms with Crippen molar-refractivity contribution in [3.05, 3.63) is 35.9 Å². The van der Waals surface area contributed by atoms with Crippen LogP contribution in [0.25, 0.3) is 0 Å². The van der Waals surface area contributed by atoms with Gasteiger partial charge in [0.15, 0.2) is 0 Å². The second-order valence-corrected chi connectivity index (χ2v) is 11.1. The summed E-state index contributed by atoms with van der Waals surface area (Å²) in [4.78, 5) is 0. The maximum Gasteiger partial charge on any atom is 0.104 e. The maximum atomic E-state index is 2.38. The first-order valence-electron chi connectivity index (χ1n) is 15.7. The Hall–Kier alpha value is -0.820. The lowest BCUT2D eigenvalue weighted by Gasteiger charge is -2.37. The minimum absolute atomic E-state index is 1.20. The van der Waals surface area contributed by atoms with Gasteiger partial charge in [-0.25, -0.2) is 0 Å². The average molecular weight is 473 g/mol. The molecule has 0 spiro atoms. The van der Waals surface area contributed by atoms with Crippen LogP contribution in [0.3, 0.4) is 0 Å². The van der Waals surface area contributed by atoms with E-state index in [2.05, 4.69) is 51.1 Å². The predicted octanol–water partition coefficient (Wildman–Crippen LogP) is 10.9. The normalized spacial score (nSPS) is 11.9. The highest BCUT2D eigenvalue weighted by Crippen LogP contribution is 2.18. The van der Waals surface area contributed by atoms with Gasteiger partial charge in [-0.2, -0.15) is 0 Å². The molecule has 0 saturated carbocycles. The number of unbranched alkanes of at least 4 members (excludes halogenated alkanes) is 19. The zero-order chi connectivity index (χ0) is 24.6. The summed E-state index contributed by atoms with van der Waals surface area (Å²) in [6.07, 6.45) is 29.2. The Morgan fingerprint density at radius 3 is 1.15 bits per heavy atom. The van der Waals surface area contributed by atoms with Gasteiger partial charge in [0.25, 0.3) is 0 Å². The molecule has 0 bridgehead atoms. The third kappa shape index (κ3) is 16.7. The topological polar surface area (TPSA) is 0 Å². The quantitative estimate of drug-likeness (QED) is 0.0980. The SMILES string of the molecule is CCCCCCCCCCCCCCCCCCCCCC[N+](CC)(CC)Cc1ccccc1. The van der Waals surface area contributed by atoms with Gasteiger partial charge in [-0.1, -0.05) is 153 Å². The molecule has 1 rings (SSSR count). The lowest BCUT2D eigenvalue weighted by Crippen LogP contribution is -2.47. The Labute approximate surface area is 215 Å². The number of hydrogen-bond donors (Lipinski definition) is 0. The molecule has 34 heavy (non-hydrogen) atoms. The van der Waals surface area contributed by atoms with E-state index in [4.69, 9.17) is 0 Å². The third-order valence-electron chi connectivity index (χ3n) is 8.19. The van der Waals surface area contributed by atoms with Gasteiger partial charge in [0, 0.05) is 5.56 Å². The smallest absolute Gasteiger partial charge is 0.104 e. The van der Waals surface area contributed by atoms with E-state index >= 15 is 0 Å². The standard InChI is InChI=1S/C33H62N/c1-4-7-8-9-10-11-12-13-14-15-16-17-18-19-20-21-22-23-24-28-31-34(5-2,6-3)32-33-29-26-25-27-30-33/h25-27,29-30H,4-24,28,31-32H2,1-3H3/q+1. The number of nitrogens with zero attached hydrogens (tertiary/aromatic N) is 1. The van der Waals surface area contributed by atoms with Gasteiger partial charge in [0.1, 0.15) is 6.54 Å². The first kappa shape index (κ1) is 31.2. The lowest BCUT2D eigenvalue weighted by atomic mass is 10.0. The molecule has 198 valence electrons. The lowest BCUT2D eigenvalue weighted by molar-refractivity contribution is -0.938. The number of hydrogen-bond acceptors (Lipinski definition) is 0. The first-order valence-corrected chi connectivity index (χ1v) is 15.7. The molecule has 0 amide bonds. The Morgan fingerprint density at radius 1 is 0.441 bits per heavy atom. The fraction of sp³-hybridized carbons (Fsp3) is 0.818. The van der Waals surface area contributed by atoms with Crippen LogP contribution in [-0.2, 0) is 6.54 Å². The van der Waals surface area contributed by atoms with E-state index in [9.17, 15) is 0 Å². The van der Waals surface area contributed by atoms with E-state index in [1.807, 2.05) is 0 Å². The summed E-state index contributed by atoms with van der Waals surface area (Å²) in [5.41, 5.74) is 1.50. The van der Waals surface area contributed by atoms with E-state index < -0.39 is 0 Å². The predicted molar refractivity (Wildman–Crippen MR) is 154 cm³/mol. The fourth-order valence-electron chi connectivity index (χ4n) is 5.52. The van der Waals surface area contributed by atoms with E-state index in [0.717, 1.165) is 0 Å². The van der Waals surface area contributed by atoms with E-state index in [1.165, 1.54) is 165 Å². The van der Waals surface area contributed by atoms with Crippen LogP contribution in [0.4, 0.5) is 0 Å². The zero-order valence-corrected chi connectivity index (χ0v) is 23.8. The molecular weight excluding hydrogens is 410 g/mol. The fourth-order valence-corrected chi connectivity index (χ4v) is 5.52. The number of benzene rings is 1. The molecule has 0 unspecified atom stereocenters. The monoisotopic (exact) mass is 472 g/mol. The Bertz CT molecular complexity index is 519. The molecule has 1 nitrogen and oxygen atoms in total. The molecular formula is C33H62N+. The van der Waals surface area contributed by atoms with Gasteiger partial charge in [-0.3, -0.25) is 0 Å². The van der Waals surface area contributed by atoms with Crippen LogP contribution in [0, 0.1) is 0 Å². The first-order chi connectivity index (χ1) is 16.8. The largest absolute Gasteiger partial charge is 0.320 e. The molecule has 1 aromatic rings. The molecule has 0 aromatic heterocycles. The summed E-state index contributed by atoms with van der Waals surface area (Å²) >= 11 is 0. The maximum absolute atomic E-state index is 2.38. The number of rotatable bonds is 25. The van der Waals surface area contributed by atoms with Crippen LogP contribution < -0.4 is 0 Å². The highest BCUT2D eigenvalue weighted by Gasteiger charge is 2.22. The molecule has 0 aliphatic rings. The van der Waals surface area contributed by atoms with Crippen LogP contribution >= 0.6 is 0 Å². The zero-order valence-electron chi connectivity index (χ0n) is 23.8. The summed E-state index contributed by atoms with van der Waals surface area (Å²) in [5.74, 6) is 0. The second kappa shape index (κ2) is 22.6. The molecule has 0 heterocycles. The van der Waals surface area contributed by atoms with Crippen LogP contribution in [-0.4, -0.2) is 24.1 Å². The minimum Gasteiger partial charge on any atom is -0.320 e. The van der Waals surface area contributed by atoms with Crippen LogP contribution in [0.1, 0.15) is 155 Å². The highest BCUT2D eigenvalue weighted by atomic mass is 15.3. The van der Waals surface area contributed by atoms with Crippen molar-refractivity contribution in [2.24, 2.45) is 0 Å². The van der Waals surface area contributed by atoms with Crippen molar-refractivity contribution in [3.63, 3.8) is 0 Å². The molecule has 0 fully saturated rings. The van der Waals surface area contributed by atoms with E-state index in [1.54, 1.807) is 0 Å². The van der Waals surface area contributed by atoms with E-state index in [0.29, 0.717) is 0 Å². The molecule has 0 radical (unpaired) electrons. The van der Waals surface area contributed by atoms with Crippen molar-refractivity contribution in [1.82, 2.24) is 0 Å². The molecule has 0 aliphatic carbocycles. The van der Waals surface area contributed by atoms with Gasteiger partial charge < -0.3 is 4.48 Å². The van der Waals surface area contributed by atoms with Gasteiger partial charge in [-0.05, 0) is 26.7 Å².